The molecule has 1 unspecified atom stereocenters. The van der Waals surface area contributed by atoms with Crippen molar-refractivity contribution in [2.24, 2.45) is 0 Å². The summed E-state index contributed by atoms with van der Waals surface area (Å²) in [5.74, 6) is -0.834. The summed E-state index contributed by atoms with van der Waals surface area (Å²) >= 11 is 0. The highest BCUT2D eigenvalue weighted by atomic mass is 16.4. The van der Waals surface area contributed by atoms with Crippen molar-refractivity contribution in [3.05, 3.63) is 55.0 Å². The second kappa shape index (κ2) is 4.31. The maximum Gasteiger partial charge on any atom is 0.326 e. The van der Waals surface area contributed by atoms with E-state index in [-0.39, 0.29) is 0 Å². The van der Waals surface area contributed by atoms with E-state index in [0.717, 1.165) is 16.6 Å². The maximum absolute atomic E-state index is 11.2. The van der Waals surface area contributed by atoms with Gasteiger partial charge >= 0.3 is 5.97 Å². The first-order valence-corrected chi connectivity index (χ1v) is 6.14. The van der Waals surface area contributed by atoms with Crippen LogP contribution in [0, 0.1) is 0 Å². The van der Waals surface area contributed by atoms with Crippen LogP contribution in [0.25, 0.3) is 16.6 Å². The second-order valence-electron chi connectivity index (χ2n) is 4.54. The third-order valence-electron chi connectivity index (χ3n) is 3.38. The number of carbonyl (C=O) groups is 1. The van der Waals surface area contributed by atoms with Crippen LogP contribution in [0.3, 0.4) is 0 Å². The normalized spacial score (nSPS) is 12.7. The van der Waals surface area contributed by atoms with E-state index in [4.69, 9.17) is 0 Å². The van der Waals surface area contributed by atoms with Crippen LogP contribution in [-0.2, 0) is 4.79 Å². The minimum Gasteiger partial charge on any atom is -0.480 e. The quantitative estimate of drug-likeness (QED) is 0.780. The van der Waals surface area contributed by atoms with Crippen molar-refractivity contribution in [1.82, 2.24) is 9.13 Å². The average Bonchev–Trinajstić information content (AvgIpc) is 3.04. The topological polar surface area (TPSA) is 47.2 Å². The molecule has 0 fully saturated rings. The molecule has 0 radical (unpaired) electrons. The Hall–Kier alpha value is -2.49. The van der Waals surface area contributed by atoms with Crippen LogP contribution < -0.4 is 0 Å². The Balaban J connectivity index is 2.28. The number of benzene rings is 1. The minimum absolute atomic E-state index is 0.589. The van der Waals surface area contributed by atoms with Crippen LogP contribution in [0.5, 0.6) is 0 Å². The Morgan fingerprint density at radius 1 is 1.16 bits per heavy atom. The fourth-order valence-corrected chi connectivity index (χ4v) is 2.33. The Labute approximate surface area is 110 Å². The summed E-state index contributed by atoms with van der Waals surface area (Å²) in [6.45, 7) is 1.69. The van der Waals surface area contributed by atoms with Crippen molar-refractivity contribution < 1.29 is 9.90 Å². The summed E-state index contributed by atoms with van der Waals surface area (Å²) in [5, 5.41) is 10.3. The zero-order chi connectivity index (χ0) is 13.4. The van der Waals surface area contributed by atoms with Gasteiger partial charge in [-0.15, -0.1) is 0 Å². The molecule has 0 aliphatic heterocycles. The van der Waals surface area contributed by atoms with E-state index in [1.807, 2.05) is 59.6 Å². The molecule has 0 aliphatic carbocycles. The fourth-order valence-electron chi connectivity index (χ4n) is 2.33. The lowest BCUT2D eigenvalue weighted by Crippen LogP contribution is -2.14. The summed E-state index contributed by atoms with van der Waals surface area (Å²) in [5.41, 5.74) is 1.93. The van der Waals surface area contributed by atoms with Gasteiger partial charge in [-0.2, -0.15) is 0 Å². The average molecular weight is 254 g/mol. The minimum atomic E-state index is -0.834. The number of carboxylic acid groups (broad SMARTS) is 1. The van der Waals surface area contributed by atoms with Gasteiger partial charge < -0.3 is 14.2 Å². The number of fused-ring (bicyclic) bond motifs is 1. The van der Waals surface area contributed by atoms with E-state index in [2.05, 4.69) is 0 Å². The molecule has 2 heterocycles. The number of hydrogen-bond donors (Lipinski definition) is 1. The van der Waals surface area contributed by atoms with Gasteiger partial charge in [-0.05, 0) is 25.1 Å². The van der Waals surface area contributed by atoms with E-state index in [0.29, 0.717) is 0 Å². The third-order valence-corrected chi connectivity index (χ3v) is 3.38. The first-order valence-electron chi connectivity index (χ1n) is 6.14. The number of rotatable bonds is 3. The molecule has 4 heteroatoms. The predicted octanol–water partition coefficient (Wildman–Crippen LogP) is 3.08. The van der Waals surface area contributed by atoms with E-state index < -0.39 is 12.0 Å². The molecule has 1 aromatic carbocycles. The molecular formula is C15H14N2O2. The number of aliphatic carboxylic acids is 1. The van der Waals surface area contributed by atoms with Crippen molar-refractivity contribution in [3.63, 3.8) is 0 Å². The smallest absolute Gasteiger partial charge is 0.326 e. The summed E-state index contributed by atoms with van der Waals surface area (Å²) in [6, 6.07) is 11.2. The Bertz CT molecular complexity index is 726. The monoisotopic (exact) mass is 254 g/mol. The van der Waals surface area contributed by atoms with Crippen LogP contribution in [-0.4, -0.2) is 20.2 Å². The zero-order valence-electron chi connectivity index (χ0n) is 10.5. The summed E-state index contributed by atoms with van der Waals surface area (Å²) in [7, 11) is 0. The van der Waals surface area contributed by atoms with Crippen LogP contribution >= 0.6 is 0 Å². The standard InChI is InChI=1S/C15H14N2O2/c1-11(15(18)19)17-10-14(16-8-4-5-9-16)12-6-2-3-7-13(12)17/h2-11H,1H3,(H,18,19). The van der Waals surface area contributed by atoms with Gasteiger partial charge in [0.05, 0.1) is 11.2 Å². The SMILES string of the molecule is CC(C(=O)O)n1cc(-n2cccc2)c2ccccc21. The molecule has 1 atom stereocenters. The Kier molecular flexibility index (Phi) is 2.63. The van der Waals surface area contributed by atoms with Crippen molar-refractivity contribution in [3.8, 4) is 5.69 Å². The van der Waals surface area contributed by atoms with E-state index in [1.165, 1.54) is 0 Å². The van der Waals surface area contributed by atoms with Crippen molar-refractivity contribution in [2.45, 2.75) is 13.0 Å². The highest BCUT2D eigenvalue weighted by Crippen LogP contribution is 2.27. The Morgan fingerprint density at radius 2 is 1.84 bits per heavy atom. The summed E-state index contributed by atoms with van der Waals surface area (Å²) in [4.78, 5) is 11.2. The molecule has 3 rings (SSSR count). The molecule has 19 heavy (non-hydrogen) atoms. The summed E-state index contributed by atoms with van der Waals surface area (Å²) in [6.07, 6.45) is 5.80. The van der Waals surface area contributed by atoms with Gasteiger partial charge in [0.25, 0.3) is 0 Å². The molecule has 96 valence electrons. The van der Waals surface area contributed by atoms with Crippen LogP contribution in [0.4, 0.5) is 0 Å². The molecule has 0 saturated carbocycles. The molecule has 3 aromatic rings. The van der Waals surface area contributed by atoms with Crippen molar-refractivity contribution in [2.75, 3.05) is 0 Å². The van der Waals surface area contributed by atoms with E-state index >= 15 is 0 Å². The highest BCUT2D eigenvalue weighted by molar-refractivity contribution is 5.90. The molecule has 0 saturated heterocycles. The lowest BCUT2D eigenvalue weighted by Gasteiger charge is -2.09. The van der Waals surface area contributed by atoms with Gasteiger partial charge in [0.2, 0.25) is 0 Å². The lowest BCUT2D eigenvalue weighted by molar-refractivity contribution is -0.140. The number of nitrogens with zero attached hydrogens (tertiary/aromatic N) is 2. The molecule has 0 amide bonds. The number of aromatic nitrogens is 2. The maximum atomic E-state index is 11.2. The van der Waals surface area contributed by atoms with Gasteiger partial charge in [-0.25, -0.2) is 4.79 Å². The molecule has 2 aromatic heterocycles. The first kappa shape index (κ1) is 11.6. The number of para-hydroxylation sites is 1. The van der Waals surface area contributed by atoms with Crippen molar-refractivity contribution in [1.29, 1.82) is 0 Å². The number of carboxylic acids is 1. The van der Waals surface area contributed by atoms with Crippen molar-refractivity contribution >= 4 is 16.9 Å². The third kappa shape index (κ3) is 1.81. The molecule has 1 N–H and O–H groups in total. The Morgan fingerprint density at radius 3 is 2.53 bits per heavy atom. The van der Waals surface area contributed by atoms with Gasteiger partial charge in [-0.3, -0.25) is 0 Å². The van der Waals surface area contributed by atoms with E-state index in [1.54, 1.807) is 11.5 Å². The molecule has 0 spiro atoms. The van der Waals surface area contributed by atoms with Gasteiger partial charge in [0, 0.05) is 24.0 Å². The molecular weight excluding hydrogens is 240 g/mol. The van der Waals surface area contributed by atoms with Crippen LogP contribution in [0.1, 0.15) is 13.0 Å². The zero-order valence-corrected chi connectivity index (χ0v) is 10.5. The van der Waals surface area contributed by atoms with Crippen LogP contribution in [0.15, 0.2) is 55.0 Å². The van der Waals surface area contributed by atoms with Gasteiger partial charge in [0.1, 0.15) is 6.04 Å². The van der Waals surface area contributed by atoms with Gasteiger partial charge in [0.15, 0.2) is 0 Å². The second-order valence-corrected chi connectivity index (χ2v) is 4.54. The van der Waals surface area contributed by atoms with E-state index in [9.17, 15) is 9.90 Å². The fraction of sp³-hybridized carbons (Fsp3) is 0.133. The highest BCUT2D eigenvalue weighted by Gasteiger charge is 2.18. The molecule has 0 bridgehead atoms. The molecule has 0 aliphatic rings. The predicted molar refractivity (Wildman–Crippen MR) is 73.6 cm³/mol. The largest absolute Gasteiger partial charge is 0.480 e. The number of hydrogen-bond acceptors (Lipinski definition) is 1. The molecule has 4 nitrogen and oxygen atoms in total. The first-order chi connectivity index (χ1) is 9.18. The summed E-state index contributed by atoms with van der Waals surface area (Å²) < 4.78 is 3.79. The van der Waals surface area contributed by atoms with Crippen LogP contribution in [0.2, 0.25) is 0 Å². The lowest BCUT2D eigenvalue weighted by atomic mass is 10.2. The van der Waals surface area contributed by atoms with Gasteiger partial charge in [-0.1, -0.05) is 18.2 Å².